The summed E-state index contributed by atoms with van der Waals surface area (Å²) >= 11 is 0. The van der Waals surface area contributed by atoms with Crippen LogP contribution in [0, 0.1) is 28.5 Å². The van der Waals surface area contributed by atoms with E-state index >= 15 is 0 Å². The molecule has 6 heterocycles. The molecule has 10 nitrogen and oxygen atoms in total. The Bertz CT molecular complexity index is 3070. The first-order valence-electron chi connectivity index (χ1n) is 25.5. The molecule has 0 unspecified atom stereocenters. The molecule has 14 rings (SSSR count). The van der Waals surface area contributed by atoms with Crippen LogP contribution in [-0.4, -0.2) is 70.1 Å². The van der Waals surface area contributed by atoms with Crippen molar-refractivity contribution in [2.24, 2.45) is 32.7 Å². The van der Waals surface area contributed by atoms with Crippen LogP contribution in [0.15, 0.2) is 88.8 Å². The molecule has 370 valence electrons. The Morgan fingerprint density at radius 1 is 0.549 bits per heavy atom. The van der Waals surface area contributed by atoms with Gasteiger partial charge in [0, 0.05) is 84.2 Å². The van der Waals surface area contributed by atoms with E-state index in [0.717, 1.165) is 127 Å². The van der Waals surface area contributed by atoms with Crippen molar-refractivity contribution in [2.75, 3.05) is 26.4 Å². The number of carbonyl (C=O) groups is 2. The highest BCUT2D eigenvalue weighted by molar-refractivity contribution is 5.98. The van der Waals surface area contributed by atoms with Gasteiger partial charge in [0.05, 0.1) is 36.0 Å². The van der Waals surface area contributed by atoms with Gasteiger partial charge in [-0.1, -0.05) is 33.1 Å². The zero-order valence-electron chi connectivity index (χ0n) is 39.0. The predicted octanol–water partition coefficient (Wildman–Crippen LogP) is 13.0. The van der Waals surface area contributed by atoms with E-state index in [2.05, 4.69) is 73.7 Å². The molecule has 11 heteroatoms. The lowest BCUT2D eigenvalue weighted by atomic mass is 9.47. The standard InChI is InChI=1S/C29H29FN2O3.C29H30N2O3.2CH4/c30-22-1-3-23(4-2-22)32-25-10-19-16-31-15-18(19)9-24(25)26(27(32)17-5-7-35-8-6-17)20-11-29(12-20)13-21(14-29)28(33)34;32-28(33)22-14-29(15-22)12-21(13-29)26-24-10-19-16-30-17-20(19)11-25(24)31(23-4-2-1-3-5-23)27(26)18-6-8-34-9-7-18;;/h1-4,9-10,16-17,20-21H,5-8,11-15H2,(H,33,34);1-5,10-11,17-18,21-22H,6-9,12-16H2,(H,32,33);2*1H4. The number of rotatable bonds is 8. The molecule has 6 aromatic rings. The van der Waals surface area contributed by atoms with Gasteiger partial charge in [-0.25, -0.2) is 4.39 Å². The molecule has 0 atom stereocenters. The second-order valence-electron chi connectivity index (χ2n) is 22.0. The van der Waals surface area contributed by atoms with E-state index in [1.807, 2.05) is 24.6 Å². The van der Waals surface area contributed by atoms with E-state index in [1.54, 1.807) is 12.1 Å². The van der Waals surface area contributed by atoms with Gasteiger partial charge < -0.3 is 28.8 Å². The van der Waals surface area contributed by atoms with Gasteiger partial charge in [0.25, 0.3) is 0 Å². The summed E-state index contributed by atoms with van der Waals surface area (Å²) in [6, 6.07) is 27.0. The summed E-state index contributed by atoms with van der Waals surface area (Å²) in [6.07, 6.45) is 15.7. The quantitative estimate of drug-likeness (QED) is 0.156. The Labute approximate surface area is 416 Å². The van der Waals surface area contributed by atoms with Crippen molar-refractivity contribution in [1.82, 2.24) is 9.13 Å². The Morgan fingerprint density at radius 2 is 0.958 bits per heavy atom. The van der Waals surface area contributed by atoms with Crippen LogP contribution < -0.4 is 0 Å². The first kappa shape index (κ1) is 47.4. The van der Waals surface area contributed by atoms with Crippen molar-refractivity contribution in [1.29, 1.82) is 0 Å². The number of hydrogen-bond acceptors (Lipinski definition) is 6. The molecule has 2 saturated heterocycles. The average molecular weight is 959 g/mol. The van der Waals surface area contributed by atoms with Crippen molar-refractivity contribution in [2.45, 2.75) is 129 Å². The van der Waals surface area contributed by atoms with Crippen LogP contribution in [-0.2, 0) is 32.2 Å². The molecule has 4 aromatic carbocycles. The van der Waals surface area contributed by atoms with Crippen LogP contribution in [0.25, 0.3) is 33.2 Å². The fourth-order valence-corrected chi connectivity index (χ4v) is 14.6. The van der Waals surface area contributed by atoms with Gasteiger partial charge in [0.1, 0.15) is 5.82 Å². The molecular formula is C60H67FN4O6. The van der Waals surface area contributed by atoms with Gasteiger partial charge in [-0.3, -0.25) is 19.6 Å². The lowest BCUT2D eigenvalue weighted by Crippen LogP contribution is -2.49. The van der Waals surface area contributed by atoms with Gasteiger partial charge in [-0.15, -0.1) is 0 Å². The molecule has 4 aliphatic carbocycles. The lowest BCUT2D eigenvalue weighted by molar-refractivity contribution is -0.156. The van der Waals surface area contributed by atoms with Crippen LogP contribution in [0.4, 0.5) is 4.39 Å². The molecule has 71 heavy (non-hydrogen) atoms. The number of carboxylic acids is 2. The van der Waals surface area contributed by atoms with E-state index in [1.165, 1.54) is 61.2 Å². The van der Waals surface area contributed by atoms with Gasteiger partial charge in [0.2, 0.25) is 0 Å². The summed E-state index contributed by atoms with van der Waals surface area (Å²) in [6.45, 7) is 4.63. The van der Waals surface area contributed by atoms with Crippen molar-refractivity contribution in [3.63, 3.8) is 0 Å². The third-order valence-electron chi connectivity index (χ3n) is 17.9. The number of aliphatic imine (C=N–C) groups is 2. The summed E-state index contributed by atoms with van der Waals surface area (Å²) in [7, 11) is 0. The normalized spacial score (nSPS) is 27.1. The number of aliphatic carboxylic acids is 2. The fourth-order valence-electron chi connectivity index (χ4n) is 14.6. The minimum Gasteiger partial charge on any atom is -0.481 e. The second kappa shape index (κ2) is 18.3. The highest BCUT2D eigenvalue weighted by Gasteiger charge is 2.57. The monoisotopic (exact) mass is 959 g/mol. The zero-order chi connectivity index (χ0) is 46.6. The SMILES string of the molecule is C.C.O=C(O)C1CC2(C1)CC(c1c(C3CCOCC3)n(-c3ccc(F)cc3)c3cc4c(cc13)CN=C4)C2.O=C(O)C1CC2(C1)CC(c1c(C3CCOCC3)n(-c3ccccc3)c3cc4c(cc13)CN=C4)C2. The van der Waals surface area contributed by atoms with E-state index < -0.39 is 11.9 Å². The summed E-state index contributed by atoms with van der Waals surface area (Å²) < 4.78 is 30.3. The predicted molar refractivity (Wildman–Crippen MR) is 278 cm³/mol. The van der Waals surface area contributed by atoms with Crippen molar-refractivity contribution >= 4 is 46.2 Å². The summed E-state index contributed by atoms with van der Waals surface area (Å²) in [5.74, 6) is -0.0286. The molecule has 0 radical (unpaired) electrons. The van der Waals surface area contributed by atoms with E-state index in [-0.39, 0.29) is 43.3 Å². The molecule has 0 bridgehead atoms. The van der Waals surface area contributed by atoms with Crippen LogP contribution in [0.1, 0.15) is 160 Å². The maximum Gasteiger partial charge on any atom is 0.306 e. The van der Waals surface area contributed by atoms with Crippen molar-refractivity contribution in [3.05, 3.63) is 129 Å². The van der Waals surface area contributed by atoms with Crippen LogP contribution in [0.3, 0.4) is 0 Å². The minimum atomic E-state index is -0.648. The Balaban J connectivity index is 0.000000150. The number of para-hydroxylation sites is 1. The number of aromatic nitrogens is 2. The summed E-state index contributed by atoms with van der Waals surface area (Å²) in [5.41, 5.74) is 15.9. The molecule has 8 aliphatic rings. The minimum absolute atomic E-state index is 0. The third-order valence-corrected chi connectivity index (χ3v) is 17.9. The number of benzene rings is 4. The molecule has 2 aromatic heterocycles. The molecule has 2 N–H and O–H groups in total. The molecular weight excluding hydrogens is 892 g/mol. The number of hydrogen-bond donors (Lipinski definition) is 2. The fraction of sp³-hybridized carbons (Fsp3) is 0.467. The number of nitrogens with zero attached hydrogens (tertiary/aromatic N) is 4. The topological polar surface area (TPSA) is 128 Å². The molecule has 4 aliphatic heterocycles. The molecule has 6 fully saturated rings. The van der Waals surface area contributed by atoms with Crippen LogP contribution >= 0.6 is 0 Å². The number of halogens is 1. The summed E-state index contributed by atoms with van der Waals surface area (Å²) in [5, 5.41) is 21.5. The Morgan fingerprint density at radius 3 is 1.37 bits per heavy atom. The van der Waals surface area contributed by atoms with Crippen LogP contribution in [0.5, 0.6) is 0 Å². The third kappa shape index (κ3) is 7.97. The van der Waals surface area contributed by atoms with Gasteiger partial charge in [-0.2, -0.15) is 0 Å². The van der Waals surface area contributed by atoms with Gasteiger partial charge in [-0.05, 0) is 194 Å². The van der Waals surface area contributed by atoms with E-state index in [4.69, 9.17) is 9.47 Å². The van der Waals surface area contributed by atoms with Crippen molar-refractivity contribution in [3.8, 4) is 11.4 Å². The molecule has 4 saturated carbocycles. The molecule has 2 spiro atoms. The van der Waals surface area contributed by atoms with E-state index in [9.17, 15) is 24.2 Å². The Hall–Kier alpha value is -5.91. The van der Waals surface area contributed by atoms with E-state index in [0.29, 0.717) is 30.2 Å². The Kier molecular flexibility index (Phi) is 12.2. The number of carboxylic acid groups (broad SMARTS) is 2. The smallest absolute Gasteiger partial charge is 0.306 e. The van der Waals surface area contributed by atoms with Gasteiger partial charge >= 0.3 is 11.9 Å². The lowest BCUT2D eigenvalue weighted by Gasteiger charge is -2.57. The highest BCUT2D eigenvalue weighted by Crippen LogP contribution is 2.67. The second-order valence-corrected chi connectivity index (χ2v) is 22.0. The largest absolute Gasteiger partial charge is 0.481 e. The first-order valence-corrected chi connectivity index (χ1v) is 25.5. The van der Waals surface area contributed by atoms with Crippen molar-refractivity contribution < 1.29 is 33.7 Å². The zero-order valence-corrected chi connectivity index (χ0v) is 39.0. The van der Waals surface area contributed by atoms with Gasteiger partial charge in [0.15, 0.2) is 0 Å². The average Bonchev–Trinajstić information content (AvgIpc) is 4.11. The highest BCUT2D eigenvalue weighted by atomic mass is 19.1. The summed E-state index contributed by atoms with van der Waals surface area (Å²) in [4.78, 5) is 31.9. The number of ether oxygens (including phenoxy) is 2. The molecule has 0 amide bonds. The number of fused-ring (bicyclic) bond motifs is 4. The maximum atomic E-state index is 13.9. The first-order chi connectivity index (χ1) is 33.6. The maximum absolute atomic E-state index is 13.9. The van der Waals surface area contributed by atoms with Crippen LogP contribution in [0.2, 0.25) is 0 Å².